The first-order valence-corrected chi connectivity index (χ1v) is 9.26. The third-order valence-electron chi connectivity index (χ3n) is 4.91. The van der Waals surface area contributed by atoms with Gasteiger partial charge in [0.2, 0.25) is 0 Å². The topological polar surface area (TPSA) is 79.5 Å². The maximum absolute atomic E-state index is 12.9. The summed E-state index contributed by atoms with van der Waals surface area (Å²) < 4.78 is 20.2. The van der Waals surface area contributed by atoms with Crippen molar-refractivity contribution in [3.63, 3.8) is 0 Å². The minimum atomic E-state index is -0.610. The third-order valence-corrected chi connectivity index (χ3v) is 4.91. The molecule has 28 heavy (non-hydrogen) atoms. The van der Waals surface area contributed by atoms with Crippen molar-refractivity contribution in [2.24, 2.45) is 7.05 Å². The quantitative estimate of drug-likeness (QED) is 0.679. The highest BCUT2D eigenvalue weighted by Gasteiger charge is 2.22. The molecule has 1 atom stereocenters. The van der Waals surface area contributed by atoms with Crippen molar-refractivity contribution in [1.29, 1.82) is 0 Å². The minimum absolute atomic E-state index is 0.175. The number of nitrogens with zero attached hydrogens (tertiary/aromatic N) is 6. The van der Waals surface area contributed by atoms with E-state index in [0.717, 1.165) is 43.0 Å². The Morgan fingerprint density at radius 3 is 2.64 bits per heavy atom. The monoisotopic (exact) mass is 386 g/mol. The molecule has 3 aromatic rings. The molecular weight excluding hydrogens is 363 g/mol. The summed E-state index contributed by atoms with van der Waals surface area (Å²) in [5.41, 5.74) is 0.820. The van der Waals surface area contributed by atoms with Gasteiger partial charge in [-0.1, -0.05) is 0 Å². The summed E-state index contributed by atoms with van der Waals surface area (Å²) in [6, 6.07) is 5.80. The maximum atomic E-state index is 12.9. The van der Waals surface area contributed by atoms with Crippen molar-refractivity contribution in [3.8, 4) is 5.75 Å². The number of aliphatic hydroxyl groups is 1. The fourth-order valence-corrected chi connectivity index (χ4v) is 3.42. The average molecular weight is 386 g/mol. The van der Waals surface area contributed by atoms with Crippen LogP contribution in [0.1, 0.15) is 0 Å². The summed E-state index contributed by atoms with van der Waals surface area (Å²) in [7, 11) is 1.87. The Bertz CT molecular complexity index is 924. The molecule has 1 unspecified atom stereocenters. The lowest BCUT2D eigenvalue weighted by Gasteiger charge is -2.36. The van der Waals surface area contributed by atoms with Gasteiger partial charge in [-0.15, -0.1) is 0 Å². The first-order chi connectivity index (χ1) is 13.6. The fraction of sp³-hybridized carbons (Fsp3) is 0.421. The van der Waals surface area contributed by atoms with Gasteiger partial charge >= 0.3 is 0 Å². The van der Waals surface area contributed by atoms with Gasteiger partial charge in [-0.3, -0.25) is 9.58 Å². The van der Waals surface area contributed by atoms with Gasteiger partial charge in [0.15, 0.2) is 5.65 Å². The Kier molecular flexibility index (Phi) is 5.36. The summed E-state index contributed by atoms with van der Waals surface area (Å²) in [4.78, 5) is 13.2. The highest BCUT2D eigenvalue weighted by Crippen LogP contribution is 2.23. The van der Waals surface area contributed by atoms with Crippen LogP contribution in [0.15, 0.2) is 36.8 Å². The summed E-state index contributed by atoms with van der Waals surface area (Å²) in [5.74, 6) is 1.14. The van der Waals surface area contributed by atoms with Gasteiger partial charge in [0, 0.05) is 39.8 Å². The molecule has 1 fully saturated rings. The van der Waals surface area contributed by atoms with Crippen LogP contribution in [0.2, 0.25) is 0 Å². The number of hydrogen-bond acceptors (Lipinski definition) is 7. The number of aryl methyl sites for hydroxylation is 1. The van der Waals surface area contributed by atoms with Crippen molar-refractivity contribution in [3.05, 3.63) is 42.6 Å². The van der Waals surface area contributed by atoms with E-state index in [1.807, 2.05) is 7.05 Å². The SMILES string of the molecule is Cn1ncc2c(N3CCN(CC(O)COc4ccc(F)cc4)CC3)ncnc21. The lowest BCUT2D eigenvalue weighted by Crippen LogP contribution is -2.49. The van der Waals surface area contributed by atoms with Crippen LogP contribution in [0.25, 0.3) is 11.0 Å². The van der Waals surface area contributed by atoms with Gasteiger partial charge in [-0.05, 0) is 24.3 Å². The number of anilines is 1. The molecule has 0 aliphatic carbocycles. The van der Waals surface area contributed by atoms with E-state index < -0.39 is 6.10 Å². The molecule has 0 bridgehead atoms. The molecule has 4 rings (SSSR count). The van der Waals surface area contributed by atoms with E-state index in [4.69, 9.17) is 4.74 Å². The minimum Gasteiger partial charge on any atom is -0.491 e. The number of fused-ring (bicyclic) bond motifs is 1. The number of halogens is 1. The van der Waals surface area contributed by atoms with Crippen LogP contribution >= 0.6 is 0 Å². The molecule has 0 radical (unpaired) electrons. The lowest BCUT2D eigenvalue weighted by atomic mass is 10.2. The number of piperazine rings is 1. The zero-order valence-electron chi connectivity index (χ0n) is 15.7. The van der Waals surface area contributed by atoms with E-state index in [2.05, 4.69) is 24.9 Å². The van der Waals surface area contributed by atoms with Crippen LogP contribution in [0, 0.1) is 5.82 Å². The molecule has 3 heterocycles. The molecule has 1 aliphatic rings. The molecule has 1 N–H and O–H groups in total. The molecule has 148 valence electrons. The number of aliphatic hydroxyl groups excluding tert-OH is 1. The van der Waals surface area contributed by atoms with Gasteiger partial charge in [-0.2, -0.15) is 5.10 Å². The second-order valence-electron chi connectivity index (χ2n) is 6.91. The number of hydrogen-bond donors (Lipinski definition) is 1. The summed E-state index contributed by atoms with van der Waals surface area (Å²) in [6.07, 6.45) is 2.76. The number of aromatic nitrogens is 4. The first-order valence-electron chi connectivity index (χ1n) is 9.26. The predicted octanol–water partition coefficient (Wildman–Crippen LogP) is 1.06. The lowest BCUT2D eigenvalue weighted by molar-refractivity contribution is 0.0662. The van der Waals surface area contributed by atoms with Crippen LogP contribution in [-0.4, -0.2) is 75.2 Å². The van der Waals surface area contributed by atoms with Gasteiger partial charge in [-0.25, -0.2) is 14.4 Å². The van der Waals surface area contributed by atoms with Gasteiger partial charge < -0.3 is 14.7 Å². The maximum Gasteiger partial charge on any atom is 0.163 e. The molecule has 0 amide bonds. The Labute approximate surface area is 162 Å². The number of benzene rings is 1. The molecule has 1 saturated heterocycles. The molecule has 1 aromatic carbocycles. The van der Waals surface area contributed by atoms with Crippen LogP contribution in [0.3, 0.4) is 0 Å². The zero-order chi connectivity index (χ0) is 19.5. The molecule has 1 aliphatic heterocycles. The van der Waals surface area contributed by atoms with Crippen molar-refractivity contribution < 1.29 is 14.2 Å². The number of ether oxygens (including phenoxy) is 1. The van der Waals surface area contributed by atoms with E-state index in [-0.39, 0.29) is 12.4 Å². The fourth-order valence-electron chi connectivity index (χ4n) is 3.42. The summed E-state index contributed by atoms with van der Waals surface area (Å²) in [5, 5.41) is 15.5. The first kappa shape index (κ1) is 18.6. The Morgan fingerprint density at radius 2 is 1.89 bits per heavy atom. The highest BCUT2D eigenvalue weighted by molar-refractivity contribution is 5.86. The normalized spacial score (nSPS) is 16.5. The standard InChI is InChI=1S/C19H23FN6O2/c1-24-18-17(10-23-24)19(22-13-21-18)26-8-6-25(7-9-26)11-15(27)12-28-16-4-2-14(20)3-5-16/h2-5,10,13,15,27H,6-9,11-12H2,1H3. The van der Waals surface area contributed by atoms with E-state index in [1.165, 1.54) is 12.1 Å². The van der Waals surface area contributed by atoms with Crippen molar-refractivity contribution >= 4 is 16.9 Å². The third kappa shape index (κ3) is 4.05. The summed E-state index contributed by atoms with van der Waals surface area (Å²) in [6.45, 7) is 3.97. The smallest absolute Gasteiger partial charge is 0.163 e. The Balaban J connectivity index is 1.28. The molecule has 0 spiro atoms. The molecule has 8 nitrogen and oxygen atoms in total. The van der Waals surface area contributed by atoms with Crippen LogP contribution in [0.4, 0.5) is 10.2 Å². The van der Waals surface area contributed by atoms with Gasteiger partial charge in [0.1, 0.15) is 36.4 Å². The van der Waals surface area contributed by atoms with E-state index >= 15 is 0 Å². The average Bonchev–Trinajstić information content (AvgIpc) is 3.09. The predicted molar refractivity (Wildman–Crippen MR) is 103 cm³/mol. The van der Waals surface area contributed by atoms with Gasteiger partial charge in [0.05, 0.1) is 11.6 Å². The van der Waals surface area contributed by atoms with Crippen molar-refractivity contribution in [2.45, 2.75) is 6.10 Å². The van der Waals surface area contributed by atoms with Crippen LogP contribution in [-0.2, 0) is 7.05 Å². The van der Waals surface area contributed by atoms with Crippen molar-refractivity contribution in [2.75, 3.05) is 44.2 Å². The van der Waals surface area contributed by atoms with E-state index in [0.29, 0.717) is 12.3 Å². The number of rotatable bonds is 6. The number of β-amino-alcohol motifs (C(OH)–C–C–N with tert-alkyl or cyclic N) is 1. The second-order valence-corrected chi connectivity index (χ2v) is 6.91. The molecular formula is C19H23FN6O2. The Morgan fingerprint density at radius 1 is 1.14 bits per heavy atom. The summed E-state index contributed by atoms with van der Waals surface area (Å²) >= 11 is 0. The zero-order valence-corrected chi connectivity index (χ0v) is 15.7. The molecule has 9 heteroatoms. The second kappa shape index (κ2) is 8.07. The van der Waals surface area contributed by atoms with Crippen LogP contribution in [0.5, 0.6) is 5.75 Å². The molecule has 0 saturated carbocycles. The van der Waals surface area contributed by atoms with Gasteiger partial charge in [0.25, 0.3) is 0 Å². The highest BCUT2D eigenvalue weighted by atomic mass is 19.1. The van der Waals surface area contributed by atoms with E-state index in [1.54, 1.807) is 29.3 Å². The van der Waals surface area contributed by atoms with E-state index in [9.17, 15) is 9.50 Å². The van der Waals surface area contributed by atoms with Crippen LogP contribution < -0.4 is 9.64 Å². The molecule has 2 aromatic heterocycles. The van der Waals surface area contributed by atoms with Crippen molar-refractivity contribution in [1.82, 2.24) is 24.6 Å². The Hall–Kier alpha value is -2.78. The largest absolute Gasteiger partial charge is 0.491 e.